The Morgan fingerprint density at radius 3 is 1.73 bits per heavy atom. The van der Waals surface area contributed by atoms with Gasteiger partial charge >= 0.3 is 0 Å². The van der Waals surface area contributed by atoms with Crippen molar-refractivity contribution in [3.05, 3.63) is 47.8 Å². The van der Waals surface area contributed by atoms with Crippen molar-refractivity contribution in [2.45, 2.75) is 103 Å². The molecular formula is C29H43F. The van der Waals surface area contributed by atoms with E-state index in [0.29, 0.717) is 5.92 Å². The lowest BCUT2D eigenvalue weighted by Gasteiger charge is -2.37. The summed E-state index contributed by atoms with van der Waals surface area (Å²) in [5.74, 6) is 5.25. The number of hydrogen-bond donors (Lipinski definition) is 0. The number of rotatable bonds is 6. The highest BCUT2D eigenvalue weighted by Crippen LogP contribution is 2.43. The van der Waals surface area contributed by atoms with Crippen molar-refractivity contribution >= 4 is 0 Å². The van der Waals surface area contributed by atoms with Gasteiger partial charge in [0.2, 0.25) is 0 Å². The van der Waals surface area contributed by atoms with Crippen molar-refractivity contribution in [2.24, 2.45) is 29.6 Å². The molecule has 0 saturated heterocycles. The molecule has 0 bridgehead atoms. The van der Waals surface area contributed by atoms with Gasteiger partial charge in [0, 0.05) is 0 Å². The highest BCUT2D eigenvalue weighted by molar-refractivity contribution is 5.21. The molecular weight excluding hydrogens is 367 g/mol. The van der Waals surface area contributed by atoms with Crippen LogP contribution in [0.5, 0.6) is 0 Å². The summed E-state index contributed by atoms with van der Waals surface area (Å²) in [6.07, 6.45) is 25.0. The van der Waals surface area contributed by atoms with Crippen LogP contribution in [0.4, 0.5) is 4.39 Å². The second-order valence-corrected chi connectivity index (χ2v) is 10.8. The Labute approximate surface area is 184 Å². The van der Waals surface area contributed by atoms with E-state index in [1.807, 2.05) is 12.1 Å². The Morgan fingerprint density at radius 2 is 1.20 bits per heavy atom. The lowest BCUT2D eigenvalue weighted by atomic mass is 9.68. The zero-order valence-corrected chi connectivity index (χ0v) is 19.2. The van der Waals surface area contributed by atoms with E-state index < -0.39 is 0 Å². The van der Waals surface area contributed by atoms with E-state index in [2.05, 4.69) is 19.1 Å². The standard InChI is InChI=1S/C29H43F/c1-2-3-22-6-12-25(13-7-22)26-14-8-23(9-15-26)4-5-24-10-16-27(17-11-24)28-18-20-29(30)21-19-28/h4-5,18-27H,2-3,6-17H2,1H3/b5-4+. The molecule has 1 aromatic carbocycles. The maximum Gasteiger partial charge on any atom is 0.123 e. The summed E-state index contributed by atoms with van der Waals surface area (Å²) in [5.41, 5.74) is 1.33. The number of hydrogen-bond acceptors (Lipinski definition) is 0. The molecule has 4 rings (SSSR count). The summed E-state index contributed by atoms with van der Waals surface area (Å²) in [4.78, 5) is 0. The molecule has 3 fully saturated rings. The largest absolute Gasteiger partial charge is 0.207 e. The van der Waals surface area contributed by atoms with Gasteiger partial charge in [-0.15, -0.1) is 0 Å². The zero-order valence-electron chi connectivity index (χ0n) is 19.2. The molecule has 0 atom stereocenters. The van der Waals surface area contributed by atoms with Gasteiger partial charge in [-0.3, -0.25) is 0 Å². The van der Waals surface area contributed by atoms with Crippen molar-refractivity contribution in [1.82, 2.24) is 0 Å². The fraction of sp³-hybridized carbons (Fsp3) is 0.724. The number of benzene rings is 1. The van der Waals surface area contributed by atoms with E-state index in [1.54, 1.807) is 12.1 Å². The van der Waals surface area contributed by atoms with Crippen LogP contribution in [-0.4, -0.2) is 0 Å². The molecule has 3 aliphatic carbocycles. The van der Waals surface area contributed by atoms with Crippen LogP contribution in [-0.2, 0) is 0 Å². The fourth-order valence-electron chi connectivity index (χ4n) is 6.86. The smallest absolute Gasteiger partial charge is 0.123 e. The molecule has 0 spiro atoms. The van der Waals surface area contributed by atoms with Gasteiger partial charge in [0.25, 0.3) is 0 Å². The molecule has 0 unspecified atom stereocenters. The van der Waals surface area contributed by atoms with Crippen molar-refractivity contribution in [3.8, 4) is 0 Å². The minimum Gasteiger partial charge on any atom is -0.207 e. The van der Waals surface area contributed by atoms with Gasteiger partial charge in [0.1, 0.15) is 5.82 Å². The van der Waals surface area contributed by atoms with Gasteiger partial charge in [0.15, 0.2) is 0 Å². The van der Waals surface area contributed by atoms with E-state index in [9.17, 15) is 4.39 Å². The monoisotopic (exact) mass is 410 g/mol. The average molecular weight is 411 g/mol. The lowest BCUT2D eigenvalue weighted by Crippen LogP contribution is -2.25. The van der Waals surface area contributed by atoms with E-state index in [4.69, 9.17) is 0 Å². The predicted molar refractivity (Wildman–Crippen MR) is 126 cm³/mol. The fourth-order valence-corrected chi connectivity index (χ4v) is 6.86. The van der Waals surface area contributed by atoms with Crippen LogP contribution < -0.4 is 0 Å². The predicted octanol–water partition coefficient (Wildman–Crippen LogP) is 9.07. The quantitative estimate of drug-likeness (QED) is 0.410. The van der Waals surface area contributed by atoms with E-state index >= 15 is 0 Å². The molecule has 0 N–H and O–H groups in total. The summed E-state index contributed by atoms with van der Waals surface area (Å²) in [5, 5.41) is 0. The minimum absolute atomic E-state index is 0.116. The summed E-state index contributed by atoms with van der Waals surface area (Å²) < 4.78 is 13.2. The molecule has 0 aromatic heterocycles. The Balaban J connectivity index is 1.16. The Hall–Kier alpha value is -1.11. The van der Waals surface area contributed by atoms with Gasteiger partial charge in [0.05, 0.1) is 0 Å². The molecule has 0 nitrogen and oxygen atoms in total. The molecule has 166 valence electrons. The molecule has 30 heavy (non-hydrogen) atoms. The van der Waals surface area contributed by atoms with Crippen LogP contribution in [0.3, 0.4) is 0 Å². The summed E-state index contributed by atoms with van der Waals surface area (Å²) in [7, 11) is 0. The zero-order chi connectivity index (χ0) is 20.8. The highest BCUT2D eigenvalue weighted by atomic mass is 19.1. The van der Waals surface area contributed by atoms with Crippen molar-refractivity contribution in [1.29, 1.82) is 0 Å². The van der Waals surface area contributed by atoms with Gasteiger partial charge in [-0.1, -0.05) is 56.9 Å². The molecule has 0 amide bonds. The first kappa shape index (κ1) is 22.1. The molecule has 3 saturated carbocycles. The third kappa shape index (κ3) is 5.98. The van der Waals surface area contributed by atoms with Crippen LogP contribution >= 0.6 is 0 Å². The Kier molecular flexibility index (Phi) is 8.07. The second-order valence-electron chi connectivity index (χ2n) is 10.8. The van der Waals surface area contributed by atoms with Gasteiger partial charge < -0.3 is 0 Å². The summed E-state index contributed by atoms with van der Waals surface area (Å²) in [6, 6.07) is 7.22. The third-order valence-corrected chi connectivity index (χ3v) is 8.84. The Bertz CT molecular complexity index is 635. The van der Waals surface area contributed by atoms with Crippen LogP contribution in [0.15, 0.2) is 36.4 Å². The van der Waals surface area contributed by atoms with Crippen LogP contribution in [0.1, 0.15) is 108 Å². The van der Waals surface area contributed by atoms with Crippen LogP contribution in [0, 0.1) is 35.4 Å². The van der Waals surface area contributed by atoms with Gasteiger partial charge in [-0.25, -0.2) is 4.39 Å². The molecule has 0 aliphatic heterocycles. The first-order valence-corrected chi connectivity index (χ1v) is 13.1. The highest BCUT2D eigenvalue weighted by Gasteiger charge is 2.30. The SMILES string of the molecule is CCCC1CCC(C2CCC(/C=C/C3CCC(c4ccc(F)cc4)CC3)CC2)CC1. The first-order valence-electron chi connectivity index (χ1n) is 13.1. The molecule has 0 heterocycles. The topological polar surface area (TPSA) is 0 Å². The van der Waals surface area contributed by atoms with Gasteiger partial charge in [-0.05, 0) is 117 Å². The van der Waals surface area contributed by atoms with Gasteiger partial charge in [-0.2, -0.15) is 0 Å². The van der Waals surface area contributed by atoms with Crippen molar-refractivity contribution < 1.29 is 4.39 Å². The van der Waals surface area contributed by atoms with Crippen molar-refractivity contribution in [3.63, 3.8) is 0 Å². The second kappa shape index (κ2) is 11.0. The number of halogens is 1. The van der Waals surface area contributed by atoms with E-state index in [1.165, 1.54) is 95.5 Å². The van der Waals surface area contributed by atoms with Crippen LogP contribution in [0.2, 0.25) is 0 Å². The third-order valence-electron chi connectivity index (χ3n) is 8.84. The molecule has 1 aromatic rings. The Morgan fingerprint density at radius 1 is 0.700 bits per heavy atom. The van der Waals surface area contributed by atoms with Crippen LogP contribution in [0.25, 0.3) is 0 Å². The van der Waals surface area contributed by atoms with E-state index in [0.717, 1.165) is 29.6 Å². The molecule has 1 heteroatoms. The van der Waals surface area contributed by atoms with E-state index in [-0.39, 0.29) is 5.82 Å². The summed E-state index contributed by atoms with van der Waals surface area (Å²) >= 11 is 0. The average Bonchev–Trinajstić information content (AvgIpc) is 2.80. The normalized spacial score (nSPS) is 35.5. The first-order chi connectivity index (χ1) is 14.7. The molecule has 0 radical (unpaired) electrons. The maximum absolute atomic E-state index is 13.2. The number of allylic oxidation sites excluding steroid dienone is 2. The minimum atomic E-state index is -0.116. The summed E-state index contributed by atoms with van der Waals surface area (Å²) in [6.45, 7) is 2.35. The van der Waals surface area contributed by atoms with Crippen molar-refractivity contribution in [2.75, 3.05) is 0 Å². The lowest BCUT2D eigenvalue weighted by molar-refractivity contribution is 0.152. The maximum atomic E-state index is 13.2. The molecule has 3 aliphatic rings.